The predicted molar refractivity (Wildman–Crippen MR) is 68.6 cm³/mol. The van der Waals surface area contributed by atoms with Crippen LogP contribution in [0.1, 0.15) is 5.56 Å². The van der Waals surface area contributed by atoms with E-state index in [1.807, 2.05) is 25.1 Å². The van der Waals surface area contributed by atoms with Crippen molar-refractivity contribution in [2.24, 2.45) is 0 Å². The van der Waals surface area contributed by atoms with Crippen LogP contribution in [0, 0.1) is 6.92 Å². The molecule has 0 aliphatic carbocycles. The molecule has 0 fully saturated rings. The summed E-state index contributed by atoms with van der Waals surface area (Å²) in [6, 6.07) is 7.89. The topological polar surface area (TPSA) is 65.2 Å². The zero-order valence-corrected chi connectivity index (χ0v) is 10.6. The van der Waals surface area contributed by atoms with Gasteiger partial charge in [0.2, 0.25) is 5.76 Å². The molecule has 0 atom stereocenters. The minimum atomic E-state index is 0.316. The molecule has 2 heterocycles. The van der Waals surface area contributed by atoms with Gasteiger partial charge in [0.1, 0.15) is 10.1 Å². The highest BCUT2D eigenvalue weighted by molar-refractivity contribution is 9.10. The zero-order valence-electron chi connectivity index (χ0n) is 9.03. The number of aromatic nitrogens is 1. The van der Waals surface area contributed by atoms with E-state index in [1.165, 1.54) is 5.56 Å². The Kier molecular flexibility index (Phi) is 2.22. The number of benzene rings is 1. The molecule has 17 heavy (non-hydrogen) atoms. The van der Waals surface area contributed by atoms with Gasteiger partial charge < -0.3 is 14.7 Å². The number of fused-ring (bicyclic) bond motifs is 1. The number of hydrogen-bond acceptors (Lipinski definition) is 4. The van der Waals surface area contributed by atoms with E-state index in [-0.39, 0.29) is 0 Å². The van der Waals surface area contributed by atoms with Crippen molar-refractivity contribution in [1.29, 1.82) is 0 Å². The molecule has 4 nitrogen and oxygen atoms in total. The molecular formula is C12H9BrN2O2. The molecule has 3 rings (SSSR count). The van der Waals surface area contributed by atoms with E-state index in [0.717, 1.165) is 11.0 Å². The van der Waals surface area contributed by atoms with Crippen LogP contribution in [0.15, 0.2) is 37.7 Å². The van der Waals surface area contributed by atoms with Crippen LogP contribution in [0.25, 0.3) is 22.5 Å². The second-order valence-corrected chi connectivity index (χ2v) is 4.66. The maximum absolute atomic E-state index is 5.68. The van der Waals surface area contributed by atoms with Crippen LogP contribution in [-0.2, 0) is 0 Å². The van der Waals surface area contributed by atoms with Crippen LogP contribution in [0.3, 0.4) is 0 Å². The van der Waals surface area contributed by atoms with Crippen molar-refractivity contribution in [3.8, 4) is 11.5 Å². The number of nitrogens with two attached hydrogens (primary N) is 1. The van der Waals surface area contributed by atoms with Gasteiger partial charge >= 0.3 is 0 Å². The molecule has 5 heteroatoms. The Morgan fingerprint density at radius 1 is 1.29 bits per heavy atom. The number of nitrogen functional groups attached to an aromatic ring is 1. The first-order chi connectivity index (χ1) is 8.15. The molecule has 0 saturated heterocycles. The lowest BCUT2D eigenvalue weighted by atomic mass is 10.2. The lowest BCUT2D eigenvalue weighted by Gasteiger charge is -1.89. The van der Waals surface area contributed by atoms with Gasteiger partial charge in [-0.2, -0.15) is 0 Å². The van der Waals surface area contributed by atoms with Crippen LogP contribution in [0.5, 0.6) is 0 Å². The fourth-order valence-electron chi connectivity index (χ4n) is 1.72. The lowest BCUT2D eigenvalue weighted by molar-refractivity contribution is 0.423. The SMILES string of the molecule is Cc1ccc2oc(-c3onc(N)c3Br)cc2c1. The van der Waals surface area contributed by atoms with E-state index < -0.39 is 0 Å². The van der Waals surface area contributed by atoms with E-state index in [9.17, 15) is 0 Å². The number of hydrogen-bond donors (Lipinski definition) is 1. The maximum Gasteiger partial charge on any atom is 0.218 e. The second-order valence-electron chi connectivity index (χ2n) is 3.86. The van der Waals surface area contributed by atoms with E-state index in [0.29, 0.717) is 21.8 Å². The highest BCUT2D eigenvalue weighted by Gasteiger charge is 2.17. The van der Waals surface area contributed by atoms with E-state index >= 15 is 0 Å². The molecule has 2 aromatic heterocycles. The van der Waals surface area contributed by atoms with Crippen LogP contribution < -0.4 is 5.73 Å². The summed E-state index contributed by atoms with van der Waals surface area (Å²) in [6.07, 6.45) is 0. The first-order valence-corrected chi connectivity index (χ1v) is 5.85. The third-order valence-corrected chi connectivity index (χ3v) is 3.32. The second kappa shape index (κ2) is 3.63. The standard InChI is InChI=1S/C12H9BrN2O2/c1-6-2-3-8-7(4-6)5-9(16-8)11-10(13)12(14)15-17-11/h2-5H,1H3,(H2,14,15). The Balaban J connectivity index is 2.21. The molecule has 0 aliphatic heterocycles. The molecule has 0 radical (unpaired) electrons. The molecule has 1 aromatic carbocycles. The first-order valence-electron chi connectivity index (χ1n) is 5.06. The summed E-state index contributed by atoms with van der Waals surface area (Å²) in [5.74, 6) is 1.44. The summed E-state index contributed by atoms with van der Waals surface area (Å²) < 4.78 is 11.4. The Morgan fingerprint density at radius 3 is 2.82 bits per heavy atom. The minimum absolute atomic E-state index is 0.316. The molecular weight excluding hydrogens is 284 g/mol. The monoisotopic (exact) mass is 292 g/mol. The van der Waals surface area contributed by atoms with Crippen molar-refractivity contribution in [3.63, 3.8) is 0 Å². The Bertz CT molecular complexity index is 700. The minimum Gasteiger partial charge on any atom is -0.453 e. The van der Waals surface area contributed by atoms with E-state index in [1.54, 1.807) is 0 Å². The Labute approximate surface area is 106 Å². The molecule has 3 aromatic rings. The van der Waals surface area contributed by atoms with Crippen LogP contribution in [0.2, 0.25) is 0 Å². The average Bonchev–Trinajstić information content (AvgIpc) is 2.83. The van der Waals surface area contributed by atoms with Gasteiger partial charge in [-0.15, -0.1) is 0 Å². The average molecular weight is 293 g/mol. The predicted octanol–water partition coefficient (Wildman–Crippen LogP) is 3.74. The number of aryl methyl sites for hydroxylation is 1. The van der Waals surface area contributed by atoms with Crippen molar-refractivity contribution in [2.75, 3.05) is 5.73 Å². The van der Waals surface area contributed by atoms with Gasteiger partial charge in [0, 0.05) is 5.39 Å². The first kappa shape index (κ1) is 10.4. The van der Waals surface area contributed by atoms with Gasteiger partial charge in [0.15, 0.2) is 11.6 Å². The summed E-state index contributed by atoms with van der Waals surface area (Å²) in [4.78, 5) is 0. The smallest absolute Gasteiger partial charge is 0.218 e. The lowest BCUT2D eigenvalue weighted by Crippen LogP contribution is -1.82. The van der Waals surface area contributed by atoms with Gasteiger partial charge in [-0.05, 0) is 41.1 Å². The molecule has 2 N–H and O–H groups in total. The van der Waals surface area contributed by atoms with Gasteiger partial charge in [-0.3, -0.25) is 0 Å². The van der Waals surface area contributed by atoms with Gasteiger partial charge in [0.05, 0.1) is 0 Å². The van der Waals surface area contributed by atoms with Crippen LogP contribution in [0.4, 0.5) is 5.82 Å². The Hall–Kier alpha value is -1.75. The summed E-state index contributed by atoms with van der Waals surface area (Å²) >= 11 is 3.32. The molecule has 0 aliphatic rings. The number of nitrogens with zero attached hydrogens (tertiary/aromatic N) is 1. The molecule has 0 unspecified atom stereocenters. The van der Waals surface area contributed by atoms with Crippen molar-refractivity contribution in [3.05, 3.63) is 34.3 Å². The number of furan rings is 1. The fourth-order valence-corrected chi connectivity index (χ4v) is 2.06. The fraction of sp³-hybridized carbons (Fsp3) is 0.0833. The molecule has 0 amide bonds. The van der Waals surface area contributed by atoms with E-state index in [4.69, 9.17) is 14.7 Å². The van der Waals surface area contributed by atoms with Gasteiger partial charge in [-0.1, -0.05) is 16.8 Å². The summed E-state index contributed by atoms with van der Waals surface area (Å²) in [5, 5.41) is 4.71. The third kappa shape index (κ3) is 1.63. The van der Waals surface area contributed by atoms with Crippen LogP contribution >= 0.6 is 15.9 Å². The summed E-state index contributed by atoms with van der Waals surface area (Å²) in [6.45, 7) is 2.04. The molecule has 0 saturated carbocycles. The van der Waals surface area contributed by atoms with Crippen molar-refractivity contribution >= 4 is 32.7 Å². The quantitative estimate of drug-likeness (QED) is 0.742. The molecule has 0 spiro atoms. The third-order valence-electron chi connectivity index (χ3n) is 2.56. The number of anilines is 1. The van der Waals surface area contributed by atoms with Gasteiger partial charge in [0.25, 0.3) is 0 Å². The summed E-state index contributed by atoms with van der Waals surface area (Å²) in [5.41, 5.74) is 7.60. The maximum atomic E-state index is 5.68. The molecule has 0 bridgehead atoms. The molecule has 86 valence electrons. The number of halogens is 1. The van der Waals surface area contributed by atoms with Gasteiger partial charge in [-0.25, -0.2) is 0 Å². The highest BCUT2D eigenvalue weighted by Crippen LogP contribution is 2.35. The van der Waals surface area contributed by atoms with Crippen molar-refractivity contribution in [1.82, 2.24) is 5.16 Å². The Morgan fingerprint density at radius 2 is 2.12 bits per heavy atom. The van der Waals surface area contributed by atoms with Crippen LogP contribution in [-0.4, -0.2) is 5.16 Å². The van der Waals surface area contributed by atoms with Crippen molar-refractivity contribution < 1.29 is 8.94 Å². The largest absolute Gasteiger partial charge is 0.453 e. The normalized spacial score (nSPS) is 11.2. The summed E-state index contributed by atoms with van der Waals surface area (Å²) in [7, 11) is 0. The van der Waals surface area contributed by atoms with E-state index in [2.05, 4.69) is 27.2 Å². The number of rotatable bonds is 1. The highest BCUT2D eigenvalue weighted by atomic mass is 79.9. The zero-order chi connectivity index (χ0) is 12.0. The van der Waals surface area contributed by atoms with Crippen molar-refractivity contribution in [2.45, 2.75) is 6.92 Å².